The van der Waals surface area contributed by atoms with Crippen LogP contribution in [0.1, 0.15) is 53.9 Å². The van der Waals surface area contributed by atoms with E-state index in [0.29, 0.717) is 18.8 Å². The fourth-order valence-electron chi connectivity index (χ4n) is 4.13. The van der Waals surface area contributed by atoms with E-state index in [9.17, 15) is 4.79 Å². The van der Waals surface area contributed by atoms with Crippen molar-refractivity contribution < 1.29 is 4.79 Å². The van der Waals surface area contributed by atoms with E-state index < -0.39 is 0 Å². The van der Waals surface area contributed by atoms with Crippen LogP contribution >= 0.6 is 11.8 Å². The minimum Gasteiger partial charge on any atom is -0.338 e. The molecule has 1 unspecified atom stereocenters. The molecule has 0 spiro atoms. The lowest BCUT2D eigenvalue weighted by Gasteiger charge is -2.20. The van der Waals surface area contributed by atoms with Gasteiger partial charge in [-0.25, -0.2) is 4.79 Å². The molecule has 0 saturated heterocycles. The number of aryl methyl sites for hydroxylation is 2. The zero-order valence-corrected chi connectivity index (χ0v) is 22.6. The first kappa shape index (κ1) is 26.5. The Bertz CT molecular complexity index is 1290. The lowest BCUT2D eigenvalue weighted by molar-refractivity contribution is 0.236. The summed E-state index contributed by atoms with van der Waals surface area (Å²) in [6, 6.07) is 26.5. The van der Waals surface area contributed by atoms with E-state index >= 15 is 0 Å². The fraction of sp³-hybridized carbons (Fsp3) is 0.300. The second-order valence-corrected chi connectivity index (χ2v) is 10.2. The second kappa shape index (κ2) is 13.1. The van der Waals surface area contributed by atoms with E-state index in [1.807, 2.05) is 18.2 Å². The normalized spacial score (nSPS) is 11.8. The lowest BCUT2D eigenvalue weighted by Crippen LogP contribution is -2.40. The molecule has 0 aliphatic rings. The molecule has 1 aromatic heterocycles. The summed E-state index contributed by atoms with van der Waals surface area (Å²) in [4.78, 5) is 12.8. The predicted octanol–water partition coefficient (Wildman–Crippen LogP) is 6.56. The van der Waals surface area contributed by atoms with Crippen LogP contribution in [0.25, 0.3) is 5.69 Å². The summed E-state index contributed by atoms with van der Waals surface area (Å²) < 4.78 is 2.08. The van der Waals surface area contributed by atoms with Crippen molar-refractivity contribution in [1.29, 1.82) is 0 Å². The zero-order valence-electron chi connectivity index (χ0n) is 21.8. The van der Waals surface area contributed by atoms with Gasteiger partial charge in [-0.3, -0.25) is 4.57 Å². The number of carbonyl (C=O) groups is 1. The number of urea groups is 1. The predicted molar refractivity (Wildman–Crippen MR) is 151 cm³/mol. The van der Waals surface area contributed by atoms with Crippen LogP contribution in [-0.4, -0.2) is 27.3 Å². The second-order valence-electron chi connectivity index (χ2n) is 9.29. The van der Waals surface area contributed by atoms with Crippen LogP contribution in [0.4, 0.5) is 4.79 Å². The fourth-order valence-corrected chi connectivity index (χ4v) is 5.03. The number of hydrogen-bond acceptors (Lipinski definition) is 4. The summed E-state index contributed by atoms with van der Waals surface area (Å²) >= 11 is 1.65. The molecule has 2 N–H and O–H groups in total. The SMILES string of the molecule is CCCCNC(=O)NC(Cc1ccccc1)c1nnc(SCc2cccc(C)c2)n1-c1ccc(C)cc1. The first-order valence-electron chi connectivity index (χ1n) is 12.8. The van der Waals surface area contributed by atoms with E-state index in [-0.39, 0.29) is 12.1 Å². The number of nitrogens with zero attached hydrogens (tertiary/aromatic N) is 3. The number of aromatic nitrogens is 3. The van der Waals surface area contributed by atoms with Crippen LogP contribution in [0.15, 0.2) is 84.0 Å². The monoisotopic (exact) mass is 513 g/mol. The minimum atomic E-state index is -0.355. The van der Waals surface area contributed by atoms with Crippen molar-refractivity contribution >= 4 is 17.8 Å². The van der Waals surface area contributed by atoms with E-state index in [2.05, 4.69) is 107 Å². The smallest absolute Gasteiger partial charge is 0.315 e. The molecule has 0 radical (unpaired) electrons. The van der Waals surface area contributed by atoms with Gasteiger partial charge in [0, 0.05) is 24.4 Å². The van der Waals surface area contributed by atoms with Crippen molar-refractivity contribution in [2.24, 2.45) is 0 Å². The van der Waals surface area contributed by atoms with E-state index in [1.54, 1.807) is 11.8 Å². The Hall–Kier alpha value is -3.58. The highest BCUT2D eigenvalue weighted by molar-refractivity contribution is 7.98. The third-order valence-electron chi connectivity index (χ3n) is 6.12. The van der Waals surface area contributed by atoms with Crippen LogP contribution in [0.2, 0.25) is 0 Å². The van der Waals surface area contributed by atoms with Gasteiger partial charge >= 0.3 is 6.03 Å². The van der Waals surface area contributed by atoms with E-state index in [4.69, 9.17) is 0 Å². The highest BCUT2D eigenvalue weighted by atomic mass is 32.2. The molecule has 37 heavy (non-hydrogen) atoms. The summed E-state index contributed by atoms with van der Waals surface area (Å²) in [7, 11) is 0. The molecule has 0 aliphatic carbocycles. The number of thioether (sulfide) groups is 1. The number of unbranched alkanes of at least 4 members (excludes halogenated alkanes) is 1. The molecule has 1 atom stereocenters. The van der Waals surface area contributed by atoms with Gasteiger partial charge in [-0.1, -0.05) is 103 Å². The Morgan fingerprint density at radius 3 is 2.41 bits per heavy atom. The van der Waals surface area contributed by atoms with Gasteiger partial charge in [0.15, 0.2) is 11.0 Å². The van der Waals surface area contributed by atoms with Crippen LogP contribution in [0, 0.1) is 13.8 Å². The van der Waals surface area contributed by atoms with Crippen molar-refractivity contribution in [3.63, 3.8) is 0 Å². The molecule has 0 fully saturated rings. The van der Waals surface area contributed by atoms with Crippen molar-refractivity contribution in [2.45, 2.75) is 57.0 Å². The highest BCUT2D eigenvalue weighted by Crippen LogP contribution is 2.29. The molecule has 0 aliphatic heterocycles. The quantitative estimate of drug-likeness (QED) is 0.176. The average Bonchev–Trinajstić information content (AvgIpc) is 3.32. The third kappa shape index (κ3) is 7.46. The summed E-state index contributed by atoms with van der Waals surface area (Å²) in [5, 5.41) is 16.2. The van der Waals surface area contributed by atoms with Gasteiger partial charge in [0.2, 0.25) is 0 Å². The average molecular weight is 514 g/mol. The van der Waals surface area contributed by atoms with Gasteiger partial charge in [-0.05, 0) is 43.5 Å². The van der Waals surface area contributed by atoms with Gasteiger partial charge in [0.05, 0.1) is 6.04 Å². The molecule has 0 saturated carbocycles. The maximum atomic E-state index is 12.8. The number of amides is 2. The number of rotatable bonds is 11. The number of nitrogens with one attached hydrogen (secondary N) is 2. The molecular formula is C30H35N5OS. The standard InChI is InChI=1S/C30H35N5OS/c1-4-5-18-31-29(36)32-27(20-24-11-7-6-8-12-24)28-33-34-30(35(28)26-16-14-22(2)15-17-26)37-21-25-13-9-10-23(3)19-25/h6-17,19,27H,4-5,18,20-21H2,1-3H3,(H2,31,32,36). The third-order valence-corrected chi connectivity index (χ3v) is 7.12. The summed E-state index contributed by atoms with van der Waals surface area (Å²) in [5.74, 6) is 1.49. The van der Waals surface area contributed by atoms with Crippen LogP contribution in [0.5, 0.6) is 0 Å². The Morgan fingerprint density at radius 2 is 1.68 bits per heavy atom. The van der Waals surface area contributed by atoms with E-state index in [1.165, 1.54) is 16.7 Å². The maximum absolute atomic E-state index is 12.8. The number of benzene rings is 3. The molecule has 0 bridgehead atoms. The summed E-state index contributed by atoms with van der Waals surface area (Å²) in [5.41, 5.74) is 5.75. The van der Waals surface area contributed by atoms with Crippen LogP contribution in [-0.2, 0) is 12.2 Å². The summed E-state index contributed by atoms with van der Waals surface area (Å²) in [6.07, 6.45) is 2.57. The Balaban J connectivity index is 1.68. The number of carbonyl (C=O) groups excluding carboxylic acids is 1. The number of hydrogen-bond donors (Lipinski definition) is 2. The Labute approximate surface area is 223 Å². The highest BCUT2D eigenvalue weighted by Gasteiger charge is 2.25. The van der Waals surface area contributed by atoms with Gasteiger partial charge in [0.25, 0.3) is 0 Å². The maximum Gasteiger partial charge on any atom is 0.315 e. The molecule has 192 valence electrons. The molecule has 4 rings (SSSR count). The van der Waals surface area contributed by atoms with Gasteiger partial charge in [-0.15, -0.1) is 10.2 Å². The van der Waals surface area contributed by atoms with E-state index in [0.717, 1.165) is 35.0 Å². The molecular weight excluding hydrogens is 478 g/mol. The Morgan fingerprint density at radius 1 is 0.919 bits per heavy atom. The molecule has 4 aromatic rings. The largest absolute Gasteiger partial charge is 0.338 e. The van der Waals surface area contributed by atoms with Crippen molar-refractivity contribution in [3.8, 4) is 5.69 Å². The first-order valence-corrected chi connectivity index (χ1v) is 13.8. The molecule has 3 aromatic carbocycles. The van der Waals surface area contributed by atoms with Crippen molar-refractivity contribution in [3.05, 3.63) is 107 Å². The molecule has 1 heterocycles. The Kier molecular flexibility index (Phi) is 9.38. The van der Waals surface area contributed by atoms with Crippen LogP contribution in [0.3, 0.4) is 0 Å². The topological polar surface area (TPSA) is 71.8 Å². The van der Waals surface area contributed by atoms with Crippen molar-refractivity contribution in [2.75, 3.05) is 6.54 Å². The summed E-state index contributed by atoms with van der Waals surface area (Å²) in [6.45, 7) is 6.93. The zero-order chi connectivity index (χ0) is 26.0. The molecule has 6 nitrogen and oxygen atoms in total. The molecule has 2 amide bonds. The van der Waals surface area contributed by atoms with Crippen LogP contribution < -0.4 is 10.6 Å². The van der Waals surface area contributed by atoms with Crippen molar-refractivity contribution in [1.82, 2.24) is 25.4 Å². The minimum absolute atomic E-state index is 0.193. The lowest BCUT2D eigenvalue weighted by atomic mass is 10.1. The van der Waals surface area contributed by atoms with Gasteiger partial charge < -0.3 is 10.6 Å². The first-order chi connectivity index (χ1) is 18.0. The molecule has 7 heteroatoms. The van der Waals surface area contributed by atoms with Gasteiger partial charge in [-0.2, -0.15) is 0 Å². The van der Waals surface area contributed by atoms with Gasteiger partial charge in [0.1, 0.15) is 0 Å².